The summed E-state index contributed by atoms with van der Waals surface area (Å²) in [4.78, 5) is 0. The Labute approximate surface area is 109 Å². The van der Waals surface area contributed by atoms with E-state index in [0.29, 0.717) is 0 Å². The van der Waals surface area contributed by atoms with Crippen LogP contribution in [0.3, 0.4) is 0 Å². The third-order valence-electron chi connectivity index (χ3n) is 3.42. The van der Waals surface area contributed by atoms with E-state index in [-0.39, 0.29) is 0 Å². The van der Waals surface area contributed by atoms with E-state index in [9.17, 15) is 0 Å². The Hall–Kier alpha value is 0.350. The quantitative estimate of drug-likeness (QED) is 0.362. The second-order valence-corrected chi connectivity index (χ2v) is 5.47. The molecule has 0 heterocycles. The van der Waals surface area contributed by atoms with Crippen LogP contribution in [0.15, 0.2) is 0 Å². The zero-order valence-corrected chi connectivity index (χ0v) is 12.3. The van der Waals surface area contributed by atoms with Gasteiger partial charge >= 0.3 is 0 Å². The van der Waals surface area contributed by atoms with Crippen molar-refractivity contribution in [2.45, 2.75) is 84.5 Å². The van der Waals surface area contributed by atoms with Gasteiger partial charge in [-0.2, -0.15) is 0 Å². The van der Waals surface area contributed by atoms with E-state index in [1.54, 1.807) is 0 Å². The summed E-state index contributed by atoms with van der Waals surface area (Å²) in [6.07, 6.45) is 15.4. The highest BCUT2D eigenvalue weighted by Crippen LogP contribution is 2.22. The van der Waals surface area contributed by atoms with Crippen LogP contribution in [0.5, 0.6) is 0 Å². The summed E-state index contributed by atoms with van der Waals surface area (Å²) in [7, 11) is 0. The van der Waals surface area contributed by atoms with Crippen molar-refractivity contribution < 1.29 is 0 Å². The first-order valence-electron chi connectivity index (χ1n) is 7.43. The Morgan fingerprint density at radius 2 is 1.31 bits per heavy atom. The van der Waals surface area contributed by atoms with E-state index >= 15 is 0 Å². The van der Waals surface area contributed by atoms with Crippen LogP contribution in [0, 0.1) is 5.92 Å². The van der Waals surface area contributed by atoms with Crippen LogP contribution < -0.4 is 0 Å². The molecule has 0 rings (SSSR count). The van der Waals surface area contributed by atoms with Gasteiger partial charge < -0.3 is 0 Å². The predicted octanol–water partition coefficient (Wildman–Crippen LogP) is 6.13. The molecule has 97 valence electrons. The van der Waals surface area contributed by atoms with Crippen LogP contribution in [0.25, 0.3) is 0 Å². The molecule has 1 radical (unpaired) electrons. The number of hydrogen-bond donors (Lipinski definition) is 0. The van der Waals surface area contributed by atoms with Crippen molar-refractivity contribution in [2.24, 2.45) is 5.92 Å². The molecule has 1 unspecified atom stereocenters. The molecule has 1 heteroatoms. The molecule has 0 N–H and O–H groups in total. The summed E-state index contributed by atoms with van der Waals surface area (Å²) < 4.78 is 0. The zero-order valence-electron chi connectivity index (χ0n) is 11.5. The molecule has 0 aromatic rings. The van der Waals surface area contributed by atoms with Crippen molar-refractivity contribution in [1.82, 2.24) is 0 Å². The average Bonchev–Trinajstić information content (AvgIpc) is 2.29. The summed E-state index contributed by atoms with van der Waals surface area (Å²) >= 11 is 4.97. The lowest BCUT2D eigenvalue weighted by Crippen LogP contribution is -2.00. The molecule has 0 fully saturated rings. The molecule has 1 atom stereocenters. The van der Waals surface area contributed by atoms with Crippen LogP contribution in [0.1, 0.15) is 84.5 Å². The second-order valence-electron chi connectivity index (χ2n) is 5.06. The minimum absolute atomic E-state index is 0.953. The van der Waals surface area contributed by atoms with Crippen LogP contribution in [0.4, 0.5) is 0 Å². The molecule has 0 aliphatic rings. The van der Waals surface area contributed by atoms with E-state index in [2.05, 4.69) is 13.8 Å². The van der Waals surface area contributed by atoms with Gasteiger partial charge in [-0.05, 0) is 12.3 Å². The van der Waals surface area contributed by atoms with Gasteiger partial charge in [-0.15, -0.1) is 0 Å². The molecular weight excluding hydrogens is 212 g/mol. The zero-order chi connectivity index (χ0) is 12.1. The lowest BCUT2D eigenvalue weighted by molar-refractivity contribution is 0.381. The van der Waals surface area contributed by atoms with E-state index in [1.807, 2.05) is 0 Å². The molecule has 0 aromatic heterocycles. The second kappa shape index (κ2) is 13.4. The first kappa shape index (κ1) is 16.4. The maximum atomic E-state index is 4.97. The fourth-order valence-corrected chi connectivity index (χ4v) is 2.62. The van der Waals surface area contributed by atoms with Gasteiger partial charge in [0.2, 0.25) is 0 Å². The summed E-state index contributed by atoms with van der Waals surface area (Å²) in [6.45, 7) is 4.62. The standard InChI is InChI=1S/C15H31S/c1-3-5-8-12-15(11-4-2)13-9-6-7-10-14-16/h15H,3-14H2,1-2H3. The minimum atomic E-state index is 0.953. The fourth-order valence-electron chi connectivity index (χ4n) is 2.41. The molecule has 0 saturated carbocycles. The third kappa shape index (κ3) is 10.9. The first-order valence-corrected chi connectivity index (χ1v) is 8.00. The van der Waals surface area contributed by atoms with Gasteiger partial charge in [0.05, 0.1) is 0 Å². The molecule has 0 aliphatic carbocycles. The topological polar surface area (TPSA) is 0 Å². The van der Waals surface area contributed by atoms with Crippen molar-refractivity contribution in [3.63, 3.8) is 0 Å². The first-order chi connectivity index (χ1) is 7.85. The number of unbranched alkanes of at least 4 members (excludes halogenated alkanes) is 5. The summed E-state index contributed by atoms with van der Waals surface area (Å²) in [6, 6.07) is 0. The SMILES string of the molecule is CCCCCC(CCC)CCCCCC[S]. The number of rotatable bonds is 12. The highest BCUT2D eigenvalue weighted by Gasteiger charge is 2.06. The highest BCUT2D eigenvalue weighted by molar-refractivity contribution is 7.80. The van der Waals surface area contributed by atoms with E-state index < -0.39 is 0 Å². The Kier molecular flexibility index (Phi) is 13.7. The Bertz CT molecular complexity index is 123. The summed E-state index contributed by atoms with van der Waals surface area (Å²) in [5.74, 6) is 1.97. The van der Waals surface area contributed by atoms with Crippen LogP contribution >= 0.6 is 12.6 Å². The maximum absolute atomic E-state index is 4.97. The lowest BCUT2D eigenvalue weighted by atomic mass is 9.91. The molecular formula is C15H31S. The predicted molar refractivity (Wildman–Crippen MR) is 78.1 cm³/mol. The molecule has 16 heavy (non-hydrogen) atoms. The molecule has 0 nitrogen and oxygen atoms in total. The van der Waals surface area contributed by atoms with Gasteiger partial charge in [-0.3, -0.25) is 0 Å². The van der Waals surface area contributed by atoms with E-state index in [0.717, 1.165) is 11.7 Å². The Morgan fingerprint density at radius 3 is 1.88 bits per heavy atom. The van der Waals surface area contributed by atoms with E-state index in [4.69, 9.17) is 12.6 Å². The molecule has 0 spiro atoms. The monoisotopic (exact) mass is 243 g/mol. The Balaban J connectivity index is 3.43. The number of hydrogen-bond acceptors (Lipinski definition) is 0. The van der Waals surface area contributed by atoms with Crippen LogP contribution in [0.2, 0.25) is 0 Å². The molecule has 0 amide bonds. The molecule has 0 aromatic carbocycles. The summed E-state index contributed by atoms with van der Waals surface area (Å²) in [5.41, 5.74) is 0. The molecule has 0 bridgehead atoms. The lowest BCUT2D eigenvalue weighted by Gasteiger charge is -2.15. The van der Waals surface area contributed by atoms with Gasteiger partial charge in [-0.25, -0.2) is 0 Å². The van der Waals surface area contributed by atoms with Crippen molar-refractivity contribution in [3.05, 3.63) is 0 Å². The fraction of sp³-hybridized carbons (Fsp3) is 1.00. The third-order valence-corrected chi connectivity index (χ3v) is 3.71. The average molecular weight is 243 g/mol. The van der Waals surface area contributed by atoms with Gasteiger partial charge in [0.25, 0.3) is 0 Å². The molecule has 0 saturated heterocycles. The van der Waals surface area contributed by atoms with Crippen molar-refractivity contribution >= 4 is 12.6 Å². The van der Waals surface area contributed by atoms with Gasteiger partial charge in [0.15, 0.2) is 0 Å². The maximum Gasteiger partial charge on any atom is 0.00369 e. The van der Waals surface area contributed by atoms with Crippen LogP contribution in [-0.2, 0) is 0 Å². The summed E-state index contributed by atoms with van der Waals surface area (Å²) in [5, 5.41) is 0. The Morgan fingerprint density at radius 1 is 0.688 bits per heavy atom. The minimum Gasteiger partial charge on any atom is -0.0942 e. The van der Waals surface area contributed by atoms with Crippen LogP contribution in [-0.4, -0.2) is 5.75 Å². The highest BCUT2D eigenvalue weighted by atomic mass is 32.1. The van der Waals surface area contributed by atoms with Gasteiger partial charge in [0.1, 0.15) is 0 Å². The van der Waals surface area contributed by atoms with Gasteiger partial charge in [-0.1, -0.05) is 90.7 Å². The van der Waals surface area contributed by atoms with Crippen molar-refractivity contribution in [1.29, 1.82) is 0 Å². The smallest absolute Gasteiger partial charge is 0.00369 e. The van der Waals surface area contributed by atoms with Gasteiger partial charge in [0, 0.05) is 5.75 Å². The largest absolute Gasteiger partial charge is 0.0942 e. The van der Waals surface area contributed by atoms with Crippen molar-refractivity contribution in [2.75, 3.05) is 5.75 Å². The van der Waals surface area contributed by atoms with Crippen molar-refractivity contribution in [3.8, 4) is 0 Å². The normalized spacial score (nSPS) is 12.9. The van der Waals surface area contributed by atoms with E-state index in [1.165, 1.54) is 70.6 Å². The molecule has 0 aliphatic heterocycles.